The number of anilines is 1. The van der Waals surface area contributed by atoms with Crippen LogP contribution in [0.15, 0.2) is 42.5 Å². The van der Waals surface area contributed by atoms with Crippen LogP contribution in [0.3, 0.4) is 0 Å². The fourth-order valence-corrected chi connectivity index (χ4v) is 4.14. The lowest BCUT2D eigenvalue weighted by atomic mass is 10.2. The van der Waals surface area contributed by atoms with Crippen molar-refractivity contribution in [1.29, 1.82) is 0 Å². The summed E-state index contributed by atoms with van der Waals surface area (Å²) in [6, 6.07) is 12.3. The van der Waals surface area contributed by atoms with Gasteiger partial charge in [-0.25, -0.2) is 0 Å². The molecule has 2 aromatic carbocycles. The second-order valence-electron chi connectivity index (χ2n) is 8.59. The summed E-state index contributed by atoms with van der Waals surface area (Å²) in [4.78, 5) is 38.2. The van der Waals surface area contributed by atoms with Crippen molar-refractivity contribution in [2.24, 2.45) is 0 Å². The summed E-state index contributed by atoms with van der Waals surface area (Å²) in [5.74, 6) is 0.647. The summed E-state index contributed by atoms with van der Waals surface area (Å²) < 4.78 is 16.8. The van der Waals surface area contributed by atoms with E-state index in [2.05, 4.69) is 10.6 Å². The highest BCUT2D eigenvalue weighted by Gasteiger charge is 2.22. The van der Waals surface area contributed by atoms with E-state index in [1.165, 1.54) is 0 Å². The third kappa shape index (κ3) is 6.51. The molecular formula is C26H31N3O6. The third-order valence-corrected chi connectivity index (χ3v) is 6.09. The van der Waals surface area contributed by atoms with E-state index < -0.39 is 0 Å². The number of ether oxygens (including phenoxy) is 3. The number of hydrogen-bond donors (Lipinski definition) is 2. The maximum absolute atomic E-state index is 12.4. The molecular weight excluding hydrogens is 450 g/mol. The fraction of sp³-hybridized carbons (Fsp3) is 0.423. The van der Waals surface area contributed by atoms with Gasteiger partial charge in [-0.2, -0.15) is 0 Å². The van der Waals surface area contributed by atoms with Gasteiger partial charge in [0.25, 0.3) is 5.91 Å². The molecule has 2 N–H and O–H groups in total. The predicted octanol–water partition coefficient (Wildman–Crippen LogP) is 2.43. The molecule has 2 heterocycles. The van der Waals surface area contributed by atoms with Crippen LogP contribution >= 0.6 is 0 Å². The van der Waals surface area contributed by atoms with Crippen LogP contribution in [0.4, 0.5) is 5.69 Å². The van der Waals surface area contributed by atoms with Crippen LogP contribution in [-0.2, 0) is 20.9 Å². The van der Waals surface area contributed by atoms with Crippen LogP contribution in [0.25, 0.3) is 0 Å². The van der Waals surface area contributed by atoms with Gasteiger partial charge in [0, 0.05) is 37.4 Å². The molecule has 4 rings (SSSR count). The highest BCUT2D eigenvalue weighted by Crippen LogP contribution is 2.29. The van der Waals surface area contributed by atoms with Gasteiger partial charge in [-0.15, -0.1) is 0 Å². The minimum absolute atomic E-state index is 0.0948. The van der Waals surface area contributed by atoms with Crippen molar-refractivity contribution in [2.75, 3.05) is 38.3 Å². The molecule has 2 fully saturated rings. The van der Waals surface area contributed by atoms with E-state index in [-0.39, 0.29) is 36.9 Å². The van der Waals surface area contributed by atoms with Crippen LogP contribution in [0.2, 0.25) is 0 Å². The molecule has 9 nitrogen and oxygen atoms in total. The monoisotopic (exact) mass is 481 g/mol. The van der Waals surface area contributed by atoms with Crippen LogP contribution in [0.1, 0.15) is 41.6 Å². The third-order valence-electron chi connectivity index (χ3n) is 6.09. The quantitative estimate of drug-likeness (QED) is 0.540. The number of nitrogens with zero attached hydrogens (tertiary/aromatic N) is 1. The van der Waals surface area contributed by atoms with Gasteiger partial charge in [-0.3, -0.25) is 14.4 Å². The second kappa shape index (κ2) is 11.7. The summed E-state index contributed by atoms with van der Waals surface area (Å²) in [5.41, 5.74) is 2.05. The zero-order chi connectivity index (χ0) is 24.6. The van der Waals surface area contributed by atoms with Crippen molar-refractivity contribution in [3.05, 3.63) is 53.6 Å². The van der Waals surface area contributed by atoms with Gasteiger partial charge in [0.2, 0.25) is 11.8 Å². The Kier molecular flexibility index (Phi) is 8.20. The number of rotatable bonds is 10. The summed E-state index contributed by atoms with van der Waals surface area (Å²) >= 11 is 0. The van der Waals surface area contributed by atoms with Gasteiger partial charge in [0.05, 0.1) is 19.8 Å². The molecule has 1 atom stereocenters. The van der Waals surface area contributed by atoms with Crippen LogP contribution in [-0.4, -0.2) is 57.2 Å². The minimum Gasteiger partial charge on any atom is -0.493 e. The van der Waals surface area contributed by atoms with Crippen molar-refractivity contribution in [3.8, 4) is 11.5 Å². The van der Waals surface area contributed by atoms with Crippen LogP contribution in [0.5, 0.6) is 11.5 Å². The first-order valence-electron chi connectivity index (χ1n) is 11.9. The number of hydrogen-bond acceptors (Lipinski definition) is 6. The first kappa shape index (κ1) is 24.5. The van der Waals surface area contributed by atoms with Crippen molar-refractivity contribution in [2.45, 2.75) is 38.3 Å². The average Bonchev–Trinajstić information content (AvgIpc) is 3.56. The molecule has 0 aliphatic carbocycles. The van der Waals surface area contributed by atoms with Gasteiger partial charge in [-0.1, -0.05) is 6.07 Å². The number of amides is 3. The summed E-state index contributed by atoms with van der Waals surface area (Å²) in [5, 5.41) is 5.41. The van der Waals surface area contributed by atoms with E-state index in [0.29, 0.717) is 36.6 Å². The molecule has 3 amide bonds. The maximum Gasteiger partial charge on any atom is 0.251 e. The fourth-order valence-electron chi connectivity index (χ4n) is 4.14. The molecule has 2 aliphatic rings. The normalized spacial score (nSPS) is 17.3. The Labute approximate surface area is 204 Å². The molecule has 0 radical (unpaired) electrons. The summed E-state index contributed by atoms with van der Waals surface area (Å²) in [6.07, 6.45) is 3.56. The SMILES string of the molecule is COc1cc(CNC(=O)CNC(=O)c2ccc(N3CCCC3=O)cc2)ccc1OCC1CCCO1. The van der Waals surface area contributed by atoms with Gasteiger partial charge >= 0.3 is 0 Å². The van der Waals surface area contributed by atoms with E-state index >= 15 is 0 Å². The number of methoxy groups -OCH3 is 1. The molecule has 0 aromatic heterocycles. The van der Waals surface area contributed by atoms with Gasteiger partial charge in [-0.05, 0) is 61.2 Å². The molecule has 2 saturated heterocycles. The molecule has 35 heavy (non-hydrogen) atoms. The molecule has 2 aliphatic heterocycles. The Morgan fingerprint density at radius 1 is 1.09 bits per heavy atom. The zero-order valence-electron chi connectivity index (χ0n) is 19.9. The van der Waals surface area contributed by atoms with Crippen molar-refractivity contribution in [1.82, 2.24) is 10.6 Å². The van der Waals surface area contributed by atoms with Gasteiger partial charge < -0.3 is 29.7 Å². The Morgan fingerprint density at radius 3 is 2.60 bits per heavy atom. The predicted molar refractivity (Wildman–Crippen MR) is 130 cm³/mol. The topological polar surface area (TPSA) is 106 Å². The molecule has 0 saturated carbocycles. The van der Waals surface area contributed by atoms with E-state index in [4.69, 9.17) is 14.2 Å². The molecule has 186 valence electrons. The minimum atomic E-state index is -0.353. The van der Waals surface area contributed by atoms with Crippen molar-refractivity contribution < 1.29 is 28.6 Å². The lowest BCUT2D eigenvalue weighted by Gasteiger charge is -2.16. The molecule has 2 aromatic rings. The Balaban J connectivity index is 1.22. The number of carbonyl (C=O) groups excluding carboxylic acids is 3. The standard InChI is InChI=1S/C26H31N3O6/c1-33-23-14-18(6-11-22(23)35-17-21-4-3-13-34-21)15-27-24(30)16-28-26(32)19-7-9-20(10-8-19)29-12-2-5-25(29)31/h6-11,14,21H,2-5,12-13,15-17H2,1H3,(H,27,30)(H,28,32). The van der Waals surface area contributed by atoms with Gasteiger partial charge in [0.1, 0.15) is 6.61 Å². The molecule has 1 unspecified atom stereocenters. The van der Waals surface area contributed by atoms with Gasteiger partial charge in [0.15, 0.2) is 11.5 Å². The molecule has 0 bridgehead atoms. The first-order valence-corrected chi connectivity index (χ1v) is 11.9. The Hall–Kier alpha value is -3.59. The van der Waals surface area contributed by atoms with E-state index in [9.17, 15) is 14.4 Å². The Morgan fingerprint density at radius 2 is 1.91 bits per heavy atom. The lowest BCUT2D eigenvalue weighted by molar-refractivity contribution is -0.120. The molecule has 0 spiro atoms. The summed E-state index contributed by atoms with van der Waals surface area (Å²) in [7, 11) is 1.57. The lowest BCUT2D eigenvalue weighted by Crippen LogP contribution is -2.36. The number of benzene rings is 2. The average molecular weight is 482 g/mol. The zero-order valence-corrected chi connectivity index (χ0v) is 19.9. The first-order chi connectivity index (χ1) is 17.0. The highest BCUT2D eigenvalue weighted by atomic mass is 16.5. The van der Waals surface area contributed by atoms with Crippen molar-refractivity contribution >= 4 is 23.4 Å². The number of carbonyl (C=O) groups is 3. The van der Waals surface area contributed by atoms with E-state index in [1.54, 1.807) is 36.3 Å². The summed E-state index contributed by atoms with van der Waals surface area (Å²) in [6.45, 7) is 2.09. The smallest absolute Gasteiger partial charge is 0.251 e. The van der Waals surface area contributed by atoms with E-state index in [0.717, 1.165) is 37.1 Å². The Bertz CT molecular complexity index is 1050. The van der Waals surface area contributed by atoms with Crippen LogP contribution in [0, 0.1) is 0 Å². The van der Waals surface area contributed by atoms with Crippen LogP contribution < -0.4 is 25.0 Å². The maximum atomic E-state index is 12.4. The largest absolute Gasteiger partial charge is 0.493 e. The molecule has 9 heteroatoms. The second-order valence-corrected chi connectivity index (χ2v) is 8.59. The van der Waals surface area contributed by atoms with E-state index in [1.807, 2.05) is 18.2 Å². The highest BCUT2D eigenvalue weighted by molar-refractivity contribution is 5.98. The van der Waals surface area contributed by atoms with Crippen molar-refractivity contribution in [3.63, 3.8) is 0 Å². The number of nitrogens with one attached hydrogen (secondary N) is 2.